The zero-order valence-corrected chi connectivity index (χ0v) is 13.8. The van der Waals surface area contributed by atoms with E-state index >= 15 is 0 Å². The van der Waals surface area contributed by atoms with E-state index in [0.29, 0.717) is 10.8 Å². The van der Waals surface area contributed by atoms with Gasteiger partial charge in [-0.1, -0.05) is 35.9 Å². The Hall–Kier alpha value is -2.00. The molecule has 0 spiro atoms. The van der Waals surface area contributed by atoms with Crippen molar-refractivity contribution in [3.8, 4) is 5.75 Å². The first kappa shape index (κ1) is 15.9. The minimum atomic E-state index is -0.551. The maximum absolute atomic E-state index is 12.4. The summed E-state index contributed by atoms with van der Waals surface area (Å²) < 4.78 is 5.69. The Bertz CT molecular complexity index is 684. The number of nitrogens with one attached hydrogen (secondary N) is 1. The molecule has 0 heterocycles. The van der Waals surface area contributed by atoms with Gasteiger partial charge in [-0.25, -0.2) is 0 Å². The summed E-state index contributed by atoms with van der Waals surface area (Å²) in [6, 6.07) is 15.4. The third kappa shape index (κ3) is 3.85. The third-order valence-corrected chi connectivity index (χ3v) is 4.43. The molecule has 0 aliphatic heterocycles. The molecular weight excluding hydrogens is 310 g/mol. The van der Waals surface area contributed by atoms with Crippen LogP contribution in [0.4, 0.5) is 0 Å². The van der Waals surface area contributed by atoms with Gasteiger partial charge in [0.1, 0.15) is 5.75 Å². The molecule has 2 atom stereocenters. The van der Waals surface area contributed by atoms with Crippen molar-refractivity contribution in [1.29, 1.82) is 0 Å². The Kier molecular flexibility index (Phi) is 4.87. The molecule has 3 nitrogen and oxygen atoms in total. The van der Waals surface area contributed by atoms with Crippen LogP contribution in [0.1, 0.15) is 36.9 Å². The van der Waals surface area contributed by atoms with Crippen LogP contribution in [-0.4, -0.2) is 12.0 Å². The molecule has 2 aromatic carbocycles. The van der Waals surface area contributed by atoms with Gasteiger partial charge in [0.2, 0.25) is 0 Å². The first-order valence-corrected chi connectivity index (χ1v) is 8.31. The number of ether oxygens (including phenoxy) is 1. The first-order chi connectivity index (χ1) is 11.1. The average Bonchev–Trinajstić information content (AvgIpc) is 2.57. The molecule has 0 unspecified atom stereocenters. The quantitative estimate of drug-likeness (QED) is 0.908. The lowest BCUT2D eigenvalue weighted by Crippen LogP contribution is -2.39. The second-order valence-electron chi connectivity index (χ2n) is 5.87. The molecule has 120 valence electrons. The second-order valence-corrected chi connectivity index (χ2v) is 6.30. The van der Waals surface area contributed by atoms with Crippen molar-refractivity contribution in [2.24, 2.45) is 0 Å². The van der Waals surface area contributed by atoms with Crippen LogP contribution >= 0.6 is 11.6 Å². The van der Waals surface area contributed by atoms with Crippen molar-refractivity contribution in [2.45, 2.75) is 38.3 Å². The Morgan fingerprint density at radius 3 is 2.74 bits per heavy atom. The fraction of sp³-hybridized carbons (Fsp3) is 0.316. The highest BCUT2D eigenvalue weighted by atomic mass is 35.5. The summed E-state index contributed by atoms with van der Waals surface area (Å²) in [5, 5.41) is 3.76. The monoisotopic (exact) mass is 329 g/mol. The minimum absolute atomic E-state index is 0.0729. The largest absolute Gasteiger partial charge is 0.481 e. The maximum Gasteiger partial charge on any atom is 0.261 e. The smallest absolute Gasteiger partial charge is 0.261 e. The Balaban J connectivity index is 1.64. The highest BCUT2D eigenvalue weighted by molar-refractivity contribution is 6.30. The van der Waals surface area contributed by atoms with Crippen molar-refractivity contribution in [1.82, 2.24) is 5.32 Å². The van der Waals surface area contributed by atoms with Crippen LogP contribution in [0.15, 0.2) is 48.5 Å². The van der Waals surface area contributed by atoms with E-state index in [1.165, 1.54) is 11.1 Å². The number of rotatable bonds is 4. The summed E-state index contributed by atoms with van der Waals surface area (Å²) in [6.07, 6.45) is 2.59. The van der Waals surface area contributed by atoms with Gasteiger partial charge in [-0.05, 0) is 61.6 Å². The fourth-order valence-electron chi connectivity index (χ4n) is 2.96. The number of carbonyl (C=O) groups is 1. The molecule has 1 aliphatic carbocycles. The minimum Gasteiger partial charge on any atom is -0.481 e. The summed E-state index contributed by atoms with van der Waals surface area (Å²) in [6.45, 7) is 1.76. The van der Waals surface area contributed by atoms with Gasteiger partial charge in [0, 0.05) is 5.02 Å². The van der Waals surface area contributed by atoms with Gasteiger partial charge >= 0.3 is 0 Å². The maximum atomic E-state index is 12.4. The molecular formula is C19H20ClNO2. The van der Waals surface area contributed by atoms with Crippen molar-refractivity contribution in [3.63, 3.8) is 0 Å². The van der Waals surface area contributed by atoms with E-state index in [1.54, 1.807) is 31.2 Å². The Labute approximate surface area is 141 Å². The SMILES string of the molecule is C[C@H](Oc1ccc(Cl)cc1)C(=O)N[C@@H]1CCCc2ccccc21. The fourth-order valence-corrected chi connectivity index (χ4v) is 3.09. The van der Waals surface area contributed by atoms with E-state index in [1.807, 2.05) is 6.07 Å². The van der Waals surface area contributed by atoms with Crippen LogP contribution in [0.5, 0.6) is 5.75 Å². The normalized spacial score (nSPS) is 17.9. The predicted octanol–water partition coefficient (Wildman–Crippen LogP) is 4.30. The lowest BCUT2D eigenvalue weighted by Gasteiger charge is -2.27. The number of hydrogen-bond acceptors (Lipinski definition) is 2. The van der Waals surface area contributed by atoms with E-state index in [9.17, 15) is 4.79 Å². The number of hydrogen-bond donors (Lipinski definition) is 1. The van der Waals surface area contributed by atoms with E-state index in [4.69, 9.17) is 16.3 Å². The predicted molar refractivity (Wildman–Crippen MR) is 91.8 cm³/mol. The molecule has 4 heteroatoms. The van der Waals surface area contributed by atoms with E-state index in [0.717, 1.165) is 19.3 Å². The van der Waals surface area contributed by atoms with Gasteiger partial charge < -0.3 is 10.1 Å². The molecule has 0 radical (unpaired) electrons. The van der Waals surface area contributed by atoms with Crippen molar-refractivity contribution in [3.05, 3.63) is 64.7 Å². The summed E-state index contributed by atoms with van der Waals surface area (Å²) in [4.78, 5) is 12.4. The zero-order chi connectivity index (χ0) is 16.2. The second kappa shape index (κ2) is 7.05. The average molecular weight is 330 g/mol. The van der Waals surface area contributed by atoms with Crippen molar-refractivity contribution in [2.75, 3.05) is 0 Å². The number of benzene rings is 2. The standard InChI is InChI=1S/C19H20ClNO2/c1-13(23-16-11-9-15(20)10-12-16)19(22)21-18-8-4-6-14-5-2-3-7-17(14)18/h2-3,5,7,9-13,18H,4,6,8H2,1H3,(H,21,22)/t13-,18+/m0/s1. The zero-order valence-electron chi connectivity index (χ0n) is 13.1. The van der Waals surface area contributed by atoms with Crippen LogP contribution in [-0.2, 0) is 11.2 Å². The van der Waals surface area contributed by atoms with Gasteiger partial charge in [0.05, 0.1) is 6.04 Å². The molecule has 2 aromatic rings. The lowest BCUT2D eigenvalue weighted by atomic mass is 9.87. The van der Waals surface area contributed by atoms with E-state index in [2.05, 4.69) is 23.5 Å². The number of halogens is 1. The molecule has 1 amide bonds. The van der Waals surface area contributed by atoms with Crippen LogP contribution in [0, 0.1) is 0 Å². The molecule has 0 bridgehead atoms. The molecule has 0 saturated heterocycles. The first-order valence-electron chi connectivity index (χ1n) is 7.94. The van der Waals surface area contributed by atoms with Gasteiger partial charge in [-0.15, -0.1) is 0 Å². The van der Waals surface area contributed by atoms with Gasteiger partial charge in [0.25, 0.3) is 5.91 Å². The summed E-state index contributed by atoms with van der Waals surface area (Å²) in [5.41, 5.74) is 2.56. The summed E-state index contributed by atoms with van der Waals surface area (Å²) in [7, 11) is 0. The van der Waals surface area contributed by atoms with Crippen LogP contribution in [0.25, 0.3) is 0 Å². The van der Waals surface area contributed by atoms with Crippen LogP contribution < -0.4 is 10.1 Å². The number of aryl methyl sites for hydroxylation is 1. The van der Waals surface area contributed by atoms with Crippen LogP contribution in [0.2, 0.25) is 5.02 Å². The van der Waals surface area contributed by atoms with Crippen molar-refractivity contribution >= 4 is 17.5 Å². The van der Waals surface area contributed by atoms with E-state index < -0.39 is 6.10 Å². The topological polar surface area (TPSA) is 38.3 Å². The summed E-state index contributed by atoms with van der Waals surface area (Å²) in [5.74, 6) is 0.544. The molecule has 23 heavy (non-hydrogen) atoms. The number of amides is 1. The van der Waals surface area contributed by atoms with E-state index in [-0.39, 0.29) is 11.9 Å². The van der Waals surface area contributed by atoms with Gasteiger partial charge in [0.15, 0.2) is 6.10 Å². The molecule has 1 N–H and O–H groups in total. The summed E-state index contributed by atoms with van der Waals surface area (Å²) >= 11 is 5.85. The molecule has 0 fully saturated rings. The van der Waals surface area contributed by atoms with Crippen molar-refractivity contribution < 1.29 is 9.53 Å². The molecule has 1 aliphatic rings. The third-order valence-electron chi connectivity index (χ3n) is 4.18. The van der Waals surface area contributed by atoms with Crippen LogP contribution in [0.3, 0.4) is 0 Å². The molecule has 3 rings (SSSR count). The van der Waals surface area contributed by atoms with Gasteiger partial charge in [-0.2, -0.15) is 0 Å². The Morgan fingerprint density at radius 2 is 1.96 bits per heavy atom. The van der Waals surface area contributed by atoms with Gasteiger partial charge in [-0.3, -0.25) is 4.79 Å². The highest BCUT2D eigenvalue weighted by Crippen LogP contribution is 2.29. The lowest BCUT2D eigenvalue weighted by molar-refractivity contribution is -0.128. The molecule has 0 saturated carbocycles. The molecule has 0 aromatic heterocycles. The Morgan fingerprint density at radius 1 is 1.22 bits per heavy atom. The highest BCUT2D eigenvalue weighted by Gasteiger charge is 2.24. The number of fused-ring (bicyclic) bond motifs is 1. The number of carbonyl (C=O) groups excluding carboxylic acids is 1.